The summed E-state index contributed by atoms with van der Waals surface area (Å²) in [7, 11) is 0. The van der Waals surface area contributed by atoms with Gasteiger partial charge in [-0.05, 0) is 0 Å². The first-order valence-electron chi connectivity index (χ1n) is 3.79. The first-order valence-corrected chi connectivity index (χ1v) is 3.79. The fourth-order valence-corrected chi connectivity index (χ4v) is 1.02. The number of carbonyl (C=O) groups is 1. The van der Waals surface area contributed by atoms with E-state index in [9.17, 15) is 22.4 Å². The second kappa shape index (κ2) is 3.87. The van der Waals surface area contributed by atoms with Crippen LogP contribution < -0.4 is 10.5 Å². The van der Waals surface area contributed by atoms with E-state index in [2.05, 4.69) is 4.74 Å². The van der Waals surface area contributed by atoms with Crippen LogP contribution in [0, 0.1) is 5.82 Å². The zero-order valence-corrected chi connectivity index (χ0v) is 7.51. The zero-order valence-electron chi connectivity index (χ0n) is 7.51. The molecule has 0 fully saturated rings. The average molecular weight is 239 g/mol. The molecule has 0 aliphatic heterocycles. The molecule has 0 aliphatic carbocycles. The molecule has 1 aromatic rings. The van der Waals surface area contributed by atoms with Crippen LogP contribution in [0.3, 0.4) is 0 Å². The van der Waals surface area contributed by atoms with Gasteiger partial charge >= 0.3 is 12.3 Å². The van der Waals surface area contributed by atoms with E-state index in [0.717, 1.165) is 0 Å². The molecule has 0 aromatic heterocycles. The highest BCUT2D eigenvalue weighted by atomic mass is 19.4. The molecule has 0 saturated carbocycles. The lowest BCUT2D eigenvalue weighted by atomic mass is 10.1. The van der Waals surface area contributed by atoms with E-state index in [1.807, 2.05) is 0 Å². The number of hydrogen-bond acceptors (Lipinski definition) is 3. The zero-order chi connectivity index (χ0) is 12.5. The summed E-state index contributed by atoms with van der Waals surface area (Å²) < 4.78 is 51.7. The summed E-state index contributed by atoms with van der Waals surface area (Å²) in [5.74, 6) is -3.98. The molecular weight excluding hydrogens is 234 g/mol. The second-order valence-electron chi connectivity index (χ2n) is 2.72. The number of aromatic carboxylic acids is 1. The highest BCUT2D eigenvalue weighted by molar-refractivity contribution is 5.94. The van der Waals surface area contributed by atoms with E-state index in [1.54, 1.807) is 0 Å². The van der Waals surface area contributed by atoms with Crippen molar-refractivity contribution in [3.8, 4) is 5.75 Å². The molecule has 0 unspecified atom stereocenters. The standard InChI is InChI=1S/C8H5F4NO3/c9-4-1-3(16-8(10,11)12)2-5(13)6(4)7(14)15/h1-2H,13H2,(H,14,15). The van der Waals surface area contributed by atoms with Gasteiger partial charge in [0.25, 0.3) is 0 Å². The molecule has 3 N–H and O–H groups in total. The van der Waals surface area contributed by atoms with Crippen LogP contribution >= 0.6 is 0 Å². The minimum atomic E-state index is -5.00. The third-order valence-corrected chi connectivity index (χ3v) is 1.54. The molecule has 8 heteroatoms. The van der Waals surface area contributed by atoms with Gasteiger partial charge in [0.1, 0.15) is 17.1 Å². The van der Waals surface area contributed by atoms with Gasteiger partial charge in [0.15, 0.2) is 0 Å². The normalized spacial score (nSPS) is 11.2. The maximum Gasteiger partial charge on any atom is 0.573 e. The third kappa shape index (κ3) is 2.75. The van der Waals surface area contributed by atoms with E-state index >= 15 is 0 Å². The number of hydrogen-bond donors (Lipinski definition) is 2. The quantitative estimate of drug-likeness (QED) is 0.611. The number of benzene rings is 1. The van der Waals surface area contributed by atoms with Crippen molar-refractivity contribution in [1.82, 2.24) is 0 Å². The molecule has 0 radical (unpaired) electrons. The van der Waals surface area contributed by atoms with Crippen LogP contribution in [0.15, 0.2) is 12.1 Å². The van der Waals surface area contributed by atoms with Crippen molar-refractivity contribution in [2.75, 3.05) is 5.73 Å². The highest BCUT2D eigenvalue weighted by Crippen LogP contribution is 2.28. The molecule has 0 spiro atoms. The number of nitrogens with two attached hydrogens (primary N) is 1. The van der Waals surface area contributed by atoms with Crippen LogP contribution in [-0.2, 0) is 0 Å². The lowest BCUT2D eigenvalue weighted by Gasteiger charge is -2.10. The number of rotatable bonds is 2. The van der Waals surface area contributed by atoms with Crippen molar-refractivity contribution in [3.05, 3.63) is 23.5 Å². The molecule has 16 heavy (non-hydrogen) atoms. The van der Waals surface area contributed by atoms with Gasteiger partial charge in [-0.25, -0.2) is 9.18 Å². The fraction of sp³-hybridized carbons (Fsp3) is 0.125. The number of alkyl halides is 3. The first kappa shape index (κ1) is 12.1. The number of nitrogen functional groups attached to an aromatic ring is 1. The SMILES string of the molecule is Nc1cc(OC(F)(F)F)cc(F)c1C(=O)O. The van der Waals surface area contributed by atoms with E-state index in [4.69, 9.17) is 10.8 Å². The number of halogens is 4. The summed E-state index contributed by atoms with van der Waals surface area (Å²) in [4.78, 5) is 10.5. The van der Waals surface area contributed by atoms with Crippen LogP contribution in [0.2, 0.25) is 0 Å². The topological polar surface area (TPSA) is 72.5 Å². The molecule has 0 heterocycles. The van der Waals surface area contributed by atoms with Gasteiger partial charge in [0.05, 0.1) is 5.69 Å². The summed E-state index contributed by atoms with van der Waals surface area (Å²) in [5, 5.41) is 8.49. The Hall–Kier alpha value is -1.99. The number of anilines is 1. The molecule has 0 aliphatic rings. The average Bonchev–Trinajstić information content (AvgIpc) is 1.96. The second-order valence-corrected chi connectivity index (χ2v) is 2.72. The summed E-state index contributed by atoms with van der Waals surface area (Å²) in [6, 6.07) is 0.882. The maximum absolute atomic E-state index is 13.0. The van der Waals surface area contributed by atoms with E-state index < -0.39 is 35.1 Å². The minimum Gasteiger partial charge on any atom is -0.478 e. The van der Waals surface area contributed by atoms with Crippen LogP contribution in [0.4, 0.5) is 23.2 Å². The summed E-state index contributed by atoms with van der Waals surface area (Å²) in [5.41, 5.74) is 3.53. The molecule has 4 nitrogen and oxygen atoms in total. The van der Waals surface area contributed by atoms with Crippen LogP contribution in [0.5, 0.6) is 5.75 Å². The van der Waals surface area contributed by atoms with Gasteiger partial charge in [-0.2, -0.15) is 0 Å². The predicted molar refractivity (Wildman–Crippen MR) is 44.5 cm³/mol. The Bertz CT molecular complexity index is 407. The molecule has 1 aromatic carbocycles. The van der Waals surface area contributed by atoms with Crippen LogP contribution in [-0.4, -0.2) is 17.4 Å². The van der Waals surface area contributed by atoms with Gasteiger partial charge in [-0.15, -0.1) is 13.2 Å². The van der Waals surface area contributed by atoms with Crippen LogP contribution in [0.1, 0.15) is 10.4 Å². The molecular formula is C8H5F4NO3. The molecule has 0 bridgehead atoms. The van der Waals surface area contributed by atoms with Crippen molar-refractivity contribution in [2.24, 2.45) is 0 Å². The van der Waals surface area contributed by atoms with Crippen molar-refractivity contribution in [3.63, 3.8) is 0 Å². The smallest absolute Gasteiger partial charge is 0.478 e. The fourth-order valence-electron chi connectivity index (χ4n) is 1.02. The Morgan fingerprint density at radius 2 is 1.94 bits per heavy atom. The Morgan fingerprint density at radius 3 is 2.31 bits per heavy atom. The van der Waals surface area contributed by atoms with Gasteiger partial charge in [-0.3, -0.25) is 0 Å². The maximum atomic E-state index is 13.0. The van der Waals surface area contributed by atoms with Crippen molar-refractivity contribution in [1.29, 1.82) is 0 Å². The van der Waals surface area contributed by atoms with Gasteiger partial charge in [0, 0.05) is 12.1 Å². The molecule has 0 saturated heterocycles. The molecule has 88 valence electrons. The van der Waals surface area contributed by atoms with Crippen molar-refractivity contribution < 1.29 is 32.2 Å². The van der Waals surface area contributed by atoms with Crippen molar-refractivity contribution >= 4 is 11.7 Å². The summed E-state index contributed by atoms with van der Waals surface area (Å²) >= 11 is 0. The van der Waals surface area contributed by atoms with Crippen molar-refractivity contribution in [2.45, 2.75) is 6.36 Å². The third-order valence-electron chi connectivity index (χ3n) is 1.54. The first-order chi connectivity index (χ1) is 7.20. The number of carboxylic acid groups (broad SMARTS) is 1. The van der Waals surface area contributed by atoms with E-state index in [1.165, 1.54) is 0 Å². The predicted octanol–water partition coefficient (Wildman–Crippen LogP) is 2.00. The largest absolute Gasteiger partial charge is 0.573 e. The number of carboxylic acids is 1. The molecule has 0 amide bonds. The summed E-state index contributed by atoms with van der Waals surface area (Å²) in [6.45, 7) is 0. The van der Waals surface area contributed by atoms with Gasteiger partial charge in [-0.1, -0.05) is 0 Å². The van der Waals surface area contributed by atoms with Gasteiger partial charge in [0.2, 0.25) is 0 Å². The lowest BCUT2D eigenvalue weighted by Crippen LogP contribution is -2.18. The highest BCUT2D eigenvalue weighted by Gasteiger charge is 2.32. The van der Waals surface area contributed by atoms with Gasteiger partial charge < -0.3 is 15.6 Å². The summed E-state index contributed by atoms with van der Waals surface area (Å²) in [6.07, 6.45) is -5.00. The monoisotopic (exact) mass is 239 g/mol. The van der Waals surface area contributed by atoms with E-state index in [0.29, 0.717) is 12.1 Å². The Labute approximate surface area is 86.2 Å². The van der Waals surface area contributed by atoms with Crippen LogP contribution in [0.25, 0.3) is 0 Å². The Kier molecular flexibility index (Phi) is 2.92. The van der Waals surface area contributed by atoms with E-state index in [-0.39, 0.29) is 0 Å². The Morgan fingerprint density at radius 1 is 1.38 bits per heavy atom. The Balaban J connectivity index is 3.15. The lowest BCUT2D eigenvalue weighted by molar-refractivity contribution is -0.274. The minimum absolute atomic E-state index is 0.299. The molecule has 0 atom stereocenters. The molecule has 1 rings (SSSR count). The number of ether oxygens (including phenoxy) is 1.